The summed E-state index contributed by atoms with van der Waals surface area (Å²) < 4.78 is 0. The highest BCUT2D eigenvalue weighted by Gasteiger charge is 2.42. The predicted molar refractivity (Wildman–Crippen MR) is 122 cm³/mol. The number of carbonyl (C=O) groups excluding carboxylic acids is 1. The van der Waals surface area contributed by atoms with Crippen molar-refractivity contribution in [1.29, 1.82) is 0 Å². The van der Waals surface area contributed by atoms with E-state index in [1.54, 1.807) is 0 Å². The van der Waals surface area contributed by atoms with Crippen LogP contribution in [0, 0.1) is 18.3 Å². The second-order valence-electron chi connectivity index (χ2n) is 9.20. The van der Waals surface area contributed by atoms with Crippen LogP contribution in [-0.2, 0) is 4.79 Å². The Balaban J connectivity index is 1.81. The molecule has 0 aromatic heterocycles. The van der Waals surface area contributed by atoms with Gasteiger partial charge in [-0.3, -0.25) is 4.79 Å². The van der Waals surface area contributed by atoms with Gasteiger partial charge < -0.3 is 10.6 Å². The molecule has 1 amide bonds. The Morgan fingerprint density at radius 1 is 1.28 bits per heavy atom. The minimum absolute atomic E-state index is 0.00148. The standard InChI is InChI=1S/C24H34Cl2N2O/c1-5-16(3)27-18-10-9-17(14-18)23(29)28-22(24(4)12-6-7-13-24)20-15(2)8-11-19(25)21(20)26/h8,11,17-18,22,27H,3,5-7,9-10,12-14H2,1-2,4H3,(H,28,29)/t17-,18+,22+/m0/s1. The Morgan fingerprint density at radius 3 is 2.62 bits per heavy atom. The number of nitrogens with one attached hydrogen (secondary N) is 2. The van der Waals surface area contributed by atoms with E-state index in [9.17, 15) is 4.79 Å². The maximum Gasteiger partial charge on any atom is 0.223 e. The summed E-state index contributed by atoms with van der Waals surface area (Å²) in [6, 6.07) is 4.08. The first kappa shape index (κ1) is 22.5. The first-order chi connectivity index (χ1) is 13.7. The lowest BCUT2D eigenvalue weighted by Crippen LogP contribution is -2.41. The van der Waals surface area contributed by atoms with E-state index in [4.69, 9.17) is 23.2 Å². The zero-order valence-electron chi connectivity index (χ0n) is 17.9. The molecule has 29 heavy (non-hydrogen) atoms. The molecule has 0 aliphatic heterocycles. The van der Waals surface area contributed by atoms with Crippen molar-refractivity contribution >= 4 is 29.1 Å². The van der Waals surface area contributed by atoms with Crippen LogP contribution in [0.2, 0.25) is 10.0 Å². The average Bonchev–Trinajstić information content (AvgIpc) is 3.34. The molecule has 3 rings (SSSR count). The van der Waals surface area contributed by atoms with Gasteiger partial charge in [0.05, 0.1) is 16.1 Å². The van der Waals surface area contributed by atoms with Crippen LogP contribution in [-0.4, -0.2) is 11.9 Å². The van der Waals surface area contributed by atoms with Gasteiger partial charge in [0, 0.05) is 17.7 Å². The third kappa shape index (κ3) is 4.94. The fourth-order valence-electron chi connectivity index (χ4n) is 5.09. The third-order valence-corrected chi connectivity index (χ3v) is 7.83. The summed E-state index contributed by atoms with van der Waals surface area (Å²) in [7, 11) is 0. The second-order valence-corrected chi connectivity index (χ2v) is 9.99. The molecule has 1 aromatic rings. The van der Waals surface area contributed by atoms with E-state index in [1.165, 1.54) is 12.8 Å². The molecule has 0 spiro atoms. The average molecular weight is 437 g/mol. The second kappa shape index (κ2) is 9.31. The van der Waals surface area contributed by atoms with Gasteiger partial charge in [0.1, 0.15) is 0 Å². The molecule has 0 heterocycles. The quantitative estimate of drug-likeness (QED) is 0.497. The van der Waals surface area contributed by atoms with Gasteiger partial charge in [-0.15, -0.1) is 0 Å². The van der Waals surface area contributed by atoms with E-state index < -0.39 is 0 Å². The zero-order chi connectivity index (χ0) is 21.2. The number of aryl methyl sites for hydroxylation is 1. The summed E-state index contributed by atoms with van der Waals surface area (Å²) >= 11 is 13.0. The van der Waals surface area contributed by atoms with Gasteiger partial charge in [0.25, 0.3) is 0 Å². The van der Waals surface area contributed by atoms with Crippen LogP contribution >= 0.6 is 23.2 Å². The first-order valence-corrected chi connectivity index (χ1v) is 11.7. The van der Waals surface area contributed by atoms with Gasteiger partial charge in [-0.2, -0.15) is 0 Å². The molecule has 0 bridgehead atoms. The van der Waals surface area contributed by atoms with E-state index in [1.807, 2.05) is 12.1 Å². The fraction of sp³-hybridized carbons (Fsp3) is 0.625. The number of hydrogen-bond acceptors (Lipinski definition) is 2. The van der Waals surface area contributed by atoms with Gasteiger partial charge >= 0.3 is 0 Å². The molecule has 0 unspecified atom stereocenters. The number of halogens is 2. The van der Waals surface area contributed by atoms with E-state index in [0.29, 0.717) is 16.1 Å². The molecule has 5 heteroatoms. The number of allylic oxidation sites excluding steroid dienone is 1. The molecule has 2 N–H and O–H groups in total. The number of amides is 1. The Labute approximate surface area is 185 Å². The summed E-state index contributed by atoms with van der Waals surface area (Å²) in [5, 5.41) is 8.03. The van der Waals surface area contributed by atoms with Crippen LogP contribution in [0.1, 0.15) is 82.4 Å². The van der Waals surface area contributed by atoms with Gasteiger partial charge in [-0.25, -0.2) is 0 Å². The van der Waals surface area contributed by atoms with Crippen molar-refractivity contribution in [3.05, 3.63) is 45.6 Å². The number of carbonyl (C=O) groups is 1. The van der Waals surface area contributed by atoms with Gasteiger partial charge in [0.2, 0.25) is 5.91 Å². The molecule has 2 aliphatic rings. The van der Waals surface area contributed by atoms with E-state index in [2.05, 4.69) is 38.0 Å². The van der Waals surface area contributed by atoms with Crippen molar-refractivity contribution in [1.82, 2.24) is 10.6 Å². The summed E-state index contributed by atoms with van der Waals surface area (Å²) in [4.78, 5) is 13.3. The normalized spacial score (nSPS) is 24.3. The Bertz CT molecular complexity index is 770. The van der Waals surface area contributed by atoms with Crippen LogP contribution in [0.4, 0.5) is 0 Å². The highest BCUT2D eigenvalue weighted by Crippen LogP contribution is 2.50. The van der Waals surface area contributed by atoms with Gasteiger partial charge in [0.15, 0.2) is 0 Å². The largest absolute Gasteiger partial charge is 0.386 e. The minimum atomic E-state index is -0.110. The van der Waals surface area contributed by atoms with E-state index >= 15 is 0 Å². The third-order valence-electron chi connectivity index (χ3n) is 7.01. The molecule has 3 atom stereocenters. The zero-order valence-corrected chi connectivity index (χ0v) is 19.4. The number of benzene rings is 1. The molecule has 2 saturated carbocycles. The topological polar surface area (TPSA) is 41.1 Å². The lowest BCUT2D eigenvalue weighted by molar-refractivity contribution is -0.126. The van der Waals surface area contributed by atoms with Gasteiger partial charge in [-0.05, 0) is 68.1 Å². The number of rotatable bonds is 7. The smallest absolute Gasteiger partial charge is 0.223 e. The van der Waals surface area contributed by atoms with Crippen molar-refractivity contribution in [2.45, 2.75) is 84.2 Å². The monoisotopic (exact) mass is 436 g/mol. The van der Waals surface area contributed by atoms with Crippen LogP contribution in [0.25, 0.3) is 0 Å². The molecule has 160 valence electrons. The van der Waals surface area contributed by atoms with Crippen molar-refractivity contribution in [2.24, 2.45) is 11.3 Å². The number of hydrogen-bond donors (Lipinski definition) is 2. The Kier molecular flexibility index (Phi) is 7.22. The van der Waals surface area contributed by atoms with Crippen molar-refractivity contribution < 1.29 is 4.79 Å². The van der Waals surface area contributed by atoms with E-state index in [-0.39, 0.29) is 23.3 Å². The summed E-state index contributed by atoms with van der Waals surface area (Å²) in [6.45, 7) is 10.5. The fourth-order valence-corrected chi connectivity index (χ4v) is 5.57. The molecule has 3 nitrogen and oxygen atoms in total. The van der Waals surface area contributed by atoms with Gasteiger partial charge in [-0.1, -0.05) is 62.5 Å². The van der Waals surface area contributed by atoms with Crippen molar-refractivity contribution in [2.75, 3.05) is 0 Å². The molecule has 2 aliphatic carbocycles. The Morgan fingerprint density at radius 2 is 1.97 bits per heavy atom. The predicted octanol–water partition coefficient (Wildman–Crippen LogP) is 6.72. The summed E-state index contributed by atoms with van der Waals surface area (Å²) in [5.74, 6) is 0.174. The lowest BCUT2D eigenvalue weighted by atomic mass is 9.76. The minimum Gasteiger partial charge on any atom is -0.386 e. The molecular formula is C24H34Cl2N2O. The van der Waals surface area contributed by atoms with Crippen LogP contribution < -0.4 is 10.6 Å². The molecule has 2 fully saturated rings. The highest BCUT2D eigenvalue weighted by molar-refractivity contribution is 6.42. The van der Waals surface area contributed by atoms with Crippen LogP contribution in [0.5, 0.6) is 0 Å². The molecule has 0 saturated heterocycles. The maximum atomic E-state index is 13.3. The molecule has 1 aromatic carbocycles. The highest BCUT2D eigenvalue weighted by atomic mass is 35.5. The summed E-state index contributed by atoms with van der Waals surface area (Å²) in [5.41, 5.74) is 3.13. The molecular weight excluding hydrogens is 403 g/mol. The van der Waals surface area contributed by atoms with Crippen LogP contribution in [0.15, 0.2) is 24.4 Å². The van der Waals surface area contributed by atoms with Crippen LogP contribution in [0.3, 0.4) is 0 Å². The SMILES string of the molecule is C=C(CC)N[C@@H]1CC[C@H](C(=O)N[C@H](c2c(C)ccc(Cl)c2Cl)C2(C)CCCC2)C1. The summed E-state index contributed by atoms with van der Waals surface area (Å²) in [6.07, 6.45) is 8.25. The van der Waals surface area contributed by atoms with Crippen molar-refractivity contribution in [3.63, 3.8) is 0 Å². The molecule has 0 radical (unpaired) electrons. The maximum absolute atomic E-state index is 13.3. The lowest BCUT2D eigenvalue weighted by Gasteiger charge is -2.37. The Hall–Kier alpha value is -1.19. The van der Waals surface area contributed by atoms with Crippen molar-refractivity contribution in [3.8, 4) is 0 Å². The first-order valence-electron chi connectivity index (χ1n) is 10.9. The van der Waals surface area contributed by atoms with E-state index in [0.717, 1.165) is 55.3 Å².